The van der Waals surface area contributed by atoms with E-state index in [1.807, 2.05) is 6.07 Å². The number of hydrogen-bond donors (Lipinski definition) is 0. The number of aldehydes is 1. The summed E-state index contributed by atoms with van der Waals surface area (Å²) >= 11 is 1.57. The summed E-state index contributed by atoms with van der Waals surface area (Å²) in [5, 5.41) is 0. The van der Waals surface area contributed by atoms with E-state index < -0.39 is 0 Å². The van der Waals surface area contributed by atoms with Crippen LogP contribution in [-0.4, -0.2) is 37.1 Å². The van der Waals surface area contributed by atoms with Gasteiger partial charge in [-0.1, -0.05) is 175 Å². The molecule has 6 aromatic rings. The van der Waals surface area contributed by atoms with Crippen molar-refractivity contribution in [2.75, 3.05) is 26.4 Å². The molecule has 0 amide bonds. The number of benzene rings is 3. The summed E-state index contributed by atoms with van der Waals surface area (Å²) in [6.07, 6.45) is 27.4. The lowest BCUT2D eigenvalue weighted by molar-refractivity contribution is 0.112. The number of aromatic nitrogens is 1. The molecule has 0 saturated heterocycles. The molecule has 6 nitrogen and oxygen atoms in total. The van der Waals surface area contributed by atoms with Crippen molar-refractivity contribution in [3.63, 3.8) is 0 Å². The maximum Gasteiger partial charge on any atom is 0.161 e. The smallest absolute Gasteiger partial charge is 0.161 e. The van der Waals surface area contributed by atoms with E-state index in [9.17, 15) is 4.79 Å². The van der Waals surface area contributed by atoms with Crippen LogP contribution < -0.4 is 18.9 Å². The van der Waals surface area contributed by atoms with Crippen molar-refractivity contribution < 1.29 is 23.7 Å². The standard InChI is InChI=1S/C63H85NO5S/c1-7-13-18-22-39-66-53-32-34-55(59(46-53)68-41-24-20-15-9-3)52-37-38-64-57(44-52)56(43-48(12-6)26-17-11-5)62(63(64)61-36-33-54(47-65)70-61)50-29-27-49(28-30-50)51-31-35-58(67-40-23-19-14-8-2)60(45-51)69-42-25-21-16-10-4/h27-38,44-48H,7-26,39-43H2,1-6H3. The highest BCUT2D eigenvalue weighted by Gasteiger charge is 2.25. The number of pyridine rings is 1. The van der Waals surface area contributed by atoms with Gasteiger partial charge in [0, 0.05) is 23.4 Å². The Hall–Kier alpha value is -5.01. The zero-order valence-electron chi connectivity index (χ0n) is 43.9. The summed E-state index contributed by atoms with van der Waals surface area (Å²) < 4.78 is 28.2. The molecule has 6 rings (SSSR count). The van der Waals surface area contributed by atoms with E-state index in [1.54, 1.807) is 11.3 Å². The van der Waals surface area contributed by atoms with Crippen LogP contribution in [0.3, 0.4) is 0 Å². The van der Waals surface area contributed by atoms with Crippen LogP contribution in [-0.2, 0) is 6.42 Å². The molecule has 378 valence electrons. The molecule has 3 heterocycles. The van der Waals surface area contributed by atoms with Gasteiger partial charge in [-0.2, -0.15) is 0 Å². The Morgan fingerprint density at radius 2 is 1.10 bits per heavy atom. The molecule has 0 fully saturated rings. The molecule has 0 aliphatic carbocycles. The minimum atomic E-state index is 0.526. The van der Waals surface area contributed by atoms with Gasteiger partial charge >= 0.3 is 0 Å². The summed E-state index contributed by atoms with van der Waals surface area (Å²) in [6, 6.07) is 30.7. The minimum Gasteiger partial charge on any atom is -0.493 e. The fourth-order valence-electron chi connectivity index (χ4n) is 9.57. The number of carbonyl (C=O) groups excluding carboxylic acids is 1. The third kappa shape index (κ3) is 15.5. The minimum absolute atomic E-state index is 0.526. The second-order valence-electron chi connectivity index (χ2n) is 19.3. The summed E-state index contributed by atoms with van der Waals surface area (Å²) in [5.41, 5.74) is 10.5. The molecule has 0 aliphatic rings. The van der Waals surface area contributed by atoms with Gasteiger partial charge < -0.3 is 23.3 Å². The number of ether oxygens (including phenoxy) is 4. The Labute approximate surface area is 426 Å². The average molecular weight is 968 g/mol. The fourth-order valence-corrected chi connectivity index (χ4v) is 10.4. The van der Waals surface area contributed by atoms with E-state index in [0.29, 0.717) is 32.3 Å². The molecule has 0 radical (unpaired) electrons. The van der Waals surface area contributed by atoms with E-state index in [2.05, 4.69) is 131 Å². The SMILES string of the molecule is CCCCCCOc1ccc(-c2ccn3c(-c4ccc(C=O)s4)c(-c4ccc(-c5ccc(OCCCCCC)c(OCCCCCC)c5)cc4)c(CC(CC)CCCC)c3c2)c(OCCCCCC)c1. The molecule has 0 saturated carbocycles. The highest BCUT2D eigenvalue weighted by atomic mass is 32.1. The van der Waals surface area contributed by atoms with E-state index >= 15 is 0 Å². The maximum absolute atomic E-state index is 12.2. The Morgan fingerprint density at radius 1 is 0.514 bits per heavy atom. The van der Waals surface area contributed by atoms with Crippen LogP contribution in [0.2, 0.25) is 0 Å². The Kier molecular flexibility index (Phi) is 23.3. The third-order valence-corrected chi connectivity index (χ3v) is 14.8. The number of unbranched alkanes of at least 4 members (excludes halogenated alkanes) is 13. The Morgan fingerprint density at radius 3 is 1.70 bits per heavy atom. The molecule has 1 unspecified atom stereocenters. The molecule has 70 heavy (non-hydrogen) atoms. The van der Waals surface area contributed by atoms with Gasteiger partial charge in [-0.15, -0.1) is 11.3 Å². The van der Waals surface area contributed by atoms with Crippen molar-refractivity contribution in [3.05, 3.63) is 102 Å². The van der Waals surface area contributed by atoms with Gasteiger partial charge in [0.2, 0.25) is 0 Å². The quantitative estimate of drug-likeness (QED) is 0.0293. The molecular weight excluding hydrogens is 883 g/mol. The zero-order valence-corrected chi connectivity index (χ0v) is 44.7. The van der Waals surface area contributed by atoms with E-state index in [0.717, 1.165) is 112 Å². The summed E-state index contributed by atoms with van der Waals surface area (Å²) in [4.78, 5) is 14.0. The molecule has 0 N–H and O–H groups in total. The second-order valence-corrected chi connectivity index (χ2v) is 20.5. The molecular formula is C63H85NO5S. The Bertz CT molecular complexity index is 2450. The number of rotatable bonds is 35. The van der Waals surface area contributed by atoms with Gasteiger partial charge in [0.1, 0.15) is 11.5 Å². The number of fused-ring (bicyclic) bond motifs is 1. The van der Waals surface area contributed by atoms with Crippen LogP contribution in [0.25, 0.3) is 49.5 Å². The van der Waals surface area contributed by atoms with Crippen molar-refractivity contribution in [1.29, 1.82) is 0 Å². The Balaban J connectivity index is 1.45. The van der Waals surface area contributed by atoms with Crippen LogP contribution in [0.5, 0.6) is 23.0 Å². The molecule has 0 aliphatic heterocycles. The summed E-state index contributed by atoms with van der Waals surface area (Å²) in [6.45, 7) is 16.4. The molecule has 3 aromatic carbocycles. The van der Waals surface area contributed by atoms with Gasteiger partial charge in [0.25, 0.3) is 0 Å². The lowest BCUT2D eigenvalue weighted by atomic mass is 9.88. The topological polar surface area (TPSA) is 58.4 Å². The maximum atomic E-state index is 12.2. The molecule has 3 aromatic heterocycles. The lowest BCUT2D eigenvalue weighted by Crippen LogP contribution is -2.04. The van der Waals surface area contributed by atoms with Crippen LogP contribution in [0.4, 0.5) is 0 Å². The molecule has 7 heteroatoms. The first-order valence-electron chi connectivity index (χ1n) is 27.6. The number of hydrogen-bond acceptors (Lipinski definition) is 6. The highest BCUT2D eigenvalue weighted by molar-refractivity contribution is 7.17. The zero-order chi connectivity index (χ0) is 49.3. The van der Waals surface area contributed by atoms with Crippen LogP contribution >= 0.6 is 11.3 Å². The largest absolute Gasteiger partial charge is 0.493 e. The number of thiophene rings is 1. The van der Waals surface area contributed by atoms with Crippen LogP contribution in [0.1, 0.15) is 185 Å². The summed E-state index contributed by atoms with van der Waals surface area (Å²) in [5.74, 6) is 3.91. The predicted octanol–water partition coefficient (Wildman–Crippen LogP) is 19.1. The van der Waals surface area contributed by atoms with Crippen LogP contribution in [0, 0.1) is 5.92 Å². The van der Waals surface area contributed by atoms with Crippen molar-refractivity contribution in [1.82, 2.24) is 4.40 Å². The van der Waals surface area contributed by atoms with Crippen molar-refractivity contribution in [2.24, 2.45) is 5.92 Å². The number of carbonyl (C=O) groups is 1. The normalized spacial score (nSPS) is 11.9. The first-order chi connectivity index (χ1) is 34.5. The summed E-state index contributed by atoms with van der Waals surface area (Å²) in [7, 11) is 0. The third-order valence-electron chi connectivity index (χ3n) is 13.8. The second kappa shape index (κ2) is 30.0. The average Bonchev–Trinajstić information content (AvgIpc) is 4.00. The van der Waals surface area contributed by atoms with Gasteiger partial charge in [0.15, 0.2) is 17.8 Å². The molecule has 1 atom stereocenters. The van der Waals surface area contributed by atoms with Gasteiger partial charge in [-0.05, 0) is 114 Å². The van der Waals surface area contributed by atoms with E-state index in [1.165, 1.54) is 112 Å². The van der Waals surface area contributed by atoms with Crippen molar-refractivity contribution >= 4 is 23.1 Å². The molecule has 0 bridgehead atoms. The van der Waals surface area contributed by atoms with E-state index in [4.69, 9.17) is 18.9 Å². The first-order valence-corrected chi connectivity index (χ1v) is 28.4. The number of nitrogens with zero attached hydrogens (tertiary/aromatic N) is 1. The first kappa shape index (κ1) is 54.3. The monoisotopic (exact) mass is 968 g/mol. The fraction of sp³-hybridized carbons (Fsp3) is 0.508. The van der Waals surface area contributed by atoms with Crippen molar-refractivity contribution in [2.45, 2.75) is 176 Å². The van der Waals surface area contributed by atoms with E-state index in [-0.39, 0.29) is 0 Å². The lowest BCUT2D eigenvalue weighted by Gasteiger charge is -2.17. The van der Waals surface area contributed by atoms with Crippen LogP contribution in [0.15, 0.2) is 91.1 Å². The van der Waals surface area contributed by atoms with Crippen molar-refractivity contribution in [3.8, 4) is 66.9 Å². The predicted molar refractivity (Wildman–Crippen MR) is 298 cm³/mol. The van der Waals surface area contributed by atoms with Gasteiger partial charge in [-0.25, -0.2) is 0 Å². The highest BCUT2D eigenvalue weighted by Crippen LogP contribution is 2.46. The molecule has 0 spiro atoms. The van der Waals surface area contributed by atoms with Gasteiger partial charge in [0.05, 0.1) is 47.4 Å². The van der Waals surface area contributed by atoms with Gasteiger partial charge in [-0.3, -0.25) is 4.79 Å².